The highest BCUT2D eigenvalue weighted by Crippen LogP contribution is 2.15. The molecule has 0 aromatic heterocycles. The van der Waals surface area contributed by atoms with Crippen LogP contribution in [0.1, 0.15) is 13.3 Å². The molecule has 0 atom stereocenters. The van der Waals surface area contributed by atoms with E-state index in [9.17, 15) is 4.79 Å². The van der Waals surface area contributed by atoms with Gasteiger partial charge in [0, 0.05) is 0 Å². The minimum absolute atomic E-state index is 0.234. The molecule has 48 valence electrons. The Labute approximate surface area is 51.9 Å². The number of amides is 1. The van der Waals surface area contributed by atoms with E-state index in [1.54, 1.807) is 6.92 Å². The van der Waals surface area contributed by atoms with Gasteiger partial charge in [-0.2, -0.15) is 0 Å². The normalized spacial score (nSPS) is 17.7. The lowest BCUT2D eigenvalue weighted by Crippen LogP contribution is -1.93. The number of rotatable bonds is 1. The molecule has 0 bridgehead atoms. The maximum Gasteiger partial charge on any atom is 0.296 e. The van der Waals surface area contributed by atoms with Crippen LogP contribution in [0.15, 0.2) is 21.7 Å². The summed E-state index contributed by atoms with van der Waals surface area (Å²) >= 11 is 0. The fourth-order valence-electron chi connectivity index (χ4n) is 0.618. The fraction of sp³-hybridized carbons (Fsp3) is 0.400. The summed E-state index contributed by atoms with van der Waals surface area (Å²) in [6.45, 7) is 1.76. The van der Waals surface area contributed by atoms with Gasteiger partial charge in [-0.1, -0.05) is 6.92 Å². The van der Waals surface area contributed by atoms with E-state index in [-0.39, 0.29) is 5.88 Å². The molecular weight excluding hydrogens is 120 g/mol. The number of hydrogen-bond donors (Lipinski definition) is 1. The Bertz CT molecular complexity index is 205. The molecule has 0 saturated carbocycles. The highest BCUT2D eigenvalue weighted by molar-refractivity contribution is 5.95. The van der Waals surface area contributed by atoms with Crippen LogP contribution in [-0.2, 0) is 4.79 Å². The number of aliphatic hydroxyl groups is 1. The van der Waals surface area contributed by atoms with Crippen molar-refractivity contribution in [2.24, 2.45) is 10.2 Å². The van der Waals surface area contributed by atoms with Gasteiger partial charge in [0.15, 0.2) is 0 Å². The van der Waals surface area contributed by atoms with E-state index in [4.69, 9.17) is 5.11 Å². The quantitative estimate of drug-likeness (QED) is 0.573. The zero-order chi connectivity index (χ0) is 6.85. The van der Waals surface area contributed by atoms with Crippen LogP contribution in [0.25, 0.3) is 0 Å². The van der Waals surface area contributed by atoms with Gasteiger partial charge in [0.2, 0.25) is 5.88 Å². The summed E-state index contributed by atoms with van der Waals surface area (Å²) in [4.78, 5) is 10.5. The molecule has 9 heavy (non-hydrogen) atoms. The van der Waals surface area contributed by atoms with E-state index in [0.717, 1.165) is 0 Å². The Morgan fingerprint density at radius 1 is 1.56 bits per heavy atom. The van der Waals surface area contributed by atoms with Crippen molar-refractivity contribution in [3.05, 3.63) is 11.5 Å². The van der Waals surface area contributed by atoms with Crippen LogP contribution in [0.5, 0.6) is 0 Å². The van der Waals surface area contributed by atoms with Gasteiger partial charge in [-0.15, -0.1) is 10.2 Å². The summed E-state index contributed by atoms with van der Waals surface area (Å²) < 4.78 is 0. The van der Waals surface area contributed by atoms with Crippen LogP contribution in [-0.4, -0.2) is 11.0 Å². The molecule has 1 rings (SSSR count). The van der Waals surface area contributed by atoms with E-state index in [2.05, 4.69) is 10.2 Å². The Hall–Kier alpha value is -1.19. The number of carbonyl (C=O) groups excluding carboxylic acids is 1. The van der Waals surface area contributed by atoms with Gasteiger partial charge >= 0.3 is 0 Å². The molecule has 0 unspecified atom stereocenters. The maximum atomic E-state index is 10.5. The Morgan fingerprint density at radius 2 is 2.22 bits per heavy atom. The topological polar surface area (TPSA) is 62.0 Å². The van der Waals surface area contributed by atoms with Gasteiger partial charge in [-0.25, -0.2) is 0 Å². The van der Waals surface area contributed by atoms with Crippen molar-refractivity contribution in [1.29, 1.82) is 0 Å². The largest absolute Gasteiger partial charge is 0.492 e. The van der Waals surface area contributed by atoms with Crippen molar-refractivity contribution in [1.82, 2.24) is 0 Å². The molecule has 1 N–H and O–H groups in total. The number of nitrogens with zero attached hydrogens (tertiary/aromatic N) is 2. The molecule has 1 heterocycles. The molecule has 1 aliphatic heterocycles. The van der Waals surface area contributed by atoms with Gasteiger partial charge in [0.25, 0.3) is 5.91 Å². The zero-order valence-electron chi connectivity index (χ0n) is 4.96. The van der Waals surface area contributed by atoms with Crippen molar-refractivity contribution in [3.63, 3.8) is 0 Å². The van der Waals surface area contributed by atoms with Gasteiger partial charge in [-0.3, -0.25) is 4.79 Å². The van der Waals surface area contributed by atoms with Crippen molar-refractivity contribution in [2.45, 2.75) is 13.3 Å². The molecule has 1 amide bonds. The maximum absolute atomic E-state index is 10.5. The standard InChI is InChI=1S/C5H6N2O2/c1-2-3-4(8)6-7-5(3)9/h8H,2H2,1H3. The van der Waals surface area contributed by atoms with E-state index in [0.29, 0.717) is 12.0 Å². The predicted molar refractivity (Wildman–Crippen MR) is 29.8 cm³/mol. The number of carbonyl (C=O) groups is 1. The molecular formula is C5H6N2O2. The smallest absolute Gasteiger partial charge is 0.296 e. The average Bonchev–Trinajstić information content (AvgIpc) is 2.12. The van der Waals surface area contributed by atoms with Crippen LogP contribution >= 0.6 is 0 Å². The lowest BCUT2D eigenvalue weighted by Gasteiger charge is -1.87. The number of aliphatic hydroxyl groups excluding tert-OH is 1. The first-order valence-electron chi connectivity index (χ1n) is 2.64. The van der Waals surface area contributed by atoms with Crippen LogP contribution in [0, 0.1) is 0 Å². The second-order valence-electron chi connectivity index (χ2n) is 1.66. The van der Waals surface area contributed by atoms with Gasteiger partial charge < -0.3 is 5.11 Å². The van der Waals surface area contributed by atoms with E-state index >= 15 is 0 Å². The SMILES string of the molecule is CCC1=C(O)N=NC1=O. The minimum Gasteiger partial charge on any atom is -0.492 e. The van der Waals surface area contributed by atoms with Crippen LogP contribution < -0.4 is 0 Å². The Balaban J connectivity index is 2.92. The third-order valence-corrected chi connectivity index (χ3v) is 1.12. The monoisotopic (exact) mass is 126 g/mol. The van der Waals surface area contributed by atoms with Crippen molar-refractivity contribution in [2.75, 3.05) is 0 Å². The van der Waals surface area contributed by atoms with Crippen LogP contribution in [0.4, 0.5) is 0 Å². The van der Waals surface area contributed by atoms with E-state index in [1.807, 2.05) is 0 Å². The molecule has 0 aromatic carbocycles. The lowest BCUT2D eigenvalue weighted by atomic mass is 10.2. The molecule has 0 saturated heterocycles. The summed E-state index contributed by atoms with van der Waals surface area (Å²) in [5, 5.41) is 15.1. The third kappa shape index (κ3) is 0.826. The molecule has 0 aliphatic carbocycles. The molecule has 4 nitrogen and oxygen atoms in total. The molecule has 0 radical (unpaired) electrons. The van der Waals surface area contributed by atoms with Crippen molar-refractivity contribution in [3.8, 4) is 0 Å². The van der Waals surface area contributed by atoms with Crippen LogP contribution in [0.2, 0.25) is 0 Å². The Morgan fingerprint density at radius 3 is 2.44 bits per heavy atom. The zero-order valence-corrected chi connectivity index (χ0v) is 4.96. The molecule has 1 aliphatic rings. The first kappa shape index (κ1) is 5.94. The molecule has 4 heteroatoms. The summed E-state index contributed by atoms with van der Waals surface area (Å²) in [6.07, 6.45) is 0.484. The van der Waals surface area contributed by atoms with Gasteiger partial charge in [0.05, 0.1) is 5.57 Å². The summed E-state index contributed by atoms with van der Waals surface area (Å²) in [5.41, 5.74) is 0.301. The second kappa shape index (κ2) is 1.97. The number of azo groups is 1. The summed E-state index contributed by atoms with van der Waals surface area (Å²) in [7, 11) is 0. The first-order valence-corrected chi connectivity index (χ1v) is 2.64. The highest BCUT2D eigenvalue weighted by atomic mass is 16.3. The summed E-state index contributed by atoms with van der Waals surface area (Å²) in [5.74, 6) is -0.655. The van der Waals surface area contributed by atoms with E-state index in [1.165, 1.54) is 0 Å². The number of hydrogen-bond acceptors (Lipinski definition) is 3. The Kier molecular flexibility index (Phi) is 1.30. The molecule has 0 fully saturated rings. The average molecular weight is 126 g/mol. The second-order valence-corrected chi connectivity index (χ2v) is 1.66. The van der Waals surface area contributed by atoms with Crippen molar-refractivity contribution < 1.29 is 9.90 Å². The van der Waals surface area contributed by atoms with Gasteiger partial charge in [0.1, 0.15) is 0 Å². The minimum atomic E-state index is -0.421. The summed E-state index contributed by atoms with van der Waals surface area (Å²) in [6, 6.07) is 0. The highest BCUT2D eigenvalue weighted by Gasteiger charge is 2.17. The molecule has 0 spiro atoms. The fourth-order valence-corrected chi connectivity index (χ4v) is 0.618. The predicted octanol–water partition coefficient (Wildman–Crippen LogP) is 1.16. The molecule has 0 aromatic rings. The third-order valence-electron chi connectivity index (χ3n) is 1.12. The van der Waals surface area contributed by atoms with Gasteiger partial charge in [-0.05, 0) is 6.42 Å². The lowest BCUT2D eigenvalue weighted by molar-refractivity contribution is -0.114. The van der Waals surface area contributed by atoms with E-state index < -0.39 is 5.91 Å². The first-order chi connectivity index (χ1) is 4.25. The van der Waals surface area contributed by atoms with Crippen LogP contribution in [0.3, 0.4) is 0 Å². The van der Waals surface area contributed by atoms with Crippen molar-refractivity contribution >= 4 is 5.91 Å².